The van der Waals surface area contributed by atoms with Crippen LogP contribution in [0.2, 0.25) is 0 Å². The van der Waals surface area contributed by atoms with Crippen molar-refractivity contribution in [2.24, 2.45) is 5.10 Å². The van der Waals surface area contributed by atoms with Crippen LogP contribution < -0.4 is 0 Å². The van der Waals surface area contributed by atoms with E-state index in [1.807, 2.05) is 6.92 Å². The smallest absolute Gasteiger partial charge is 0.267 e. The highest BCUT2D eigenvalue weighted by molar-refractivity contribution is 9.09. The van der Waals surface area contributed by atoms with E-state index in [-0.39, 0.29) is 29.1 Å². The zero-order chi connectivity index (χ0) is 21.7. The van der Waals surface area contributed by atoms with Crippen LogP contribution in [-0.4, -0.2) is 54.2 Å². The van der Waals surface area contributed by atoms with Crippen molar-refractivity contribution in [3.63, 3.8) is 0 Å². The number of halogens is 1. The molecule has 0 saturated carbocycles. The molecule has 0 aliphatic carbocycles. The van der Waals surface area contributed by atoms with E-state index in [9.17, 15) is 18.0 Å². The molecule has 9 heteroatoms. The van der Waals surface area contributed by atoms with E-state index in [4.69, 9.17) is 0 Å². The minimum absolute atomic E-state index is 0.101. The molecule has 1 aliphatic heterocycles. The second-order valence-electron chi connectivity index (χ2n) is 6.53. The minimum atomic E-state index is -3.79. The van der Waals surface area contributed by atoms with Gasteiger partial charge in [-0.25, -0.2) is 8.42 Å². The van der Waals surface area contributed by atoms with Gasteiger partial charge < -0.3 is 0 Å². The molecule has 0 saturated heterocycles. The molecular weight excluding hydrogens is 470 g/mol. The topological polar surface area (TPSA) is 87.1 Å². The number of carbonyl (C=O) groups excluding carboxylic acids is 2. The summed E-state index contributed by atoms with van der Waals surface area (Å²) in [5.41, 5.74) is 1.51. The molecule has 0 radical (unpaired) electrons. The fourth-order valence-electron chi connectivity index (χ4n) is 2.88. The second-order valence-corrected chi connectivity index (χ2v) is 9.11. The molecule has 0 spiro atoms. The van der Waals surface area contributed by atoms with Crippen LogP contribution in [0.15, 0.2) is 70.7 Å². The monoisotopic (exact) mass is 489 g/mol. The fraction of sp³-hybridized carbons (Fsp3) is 0.190. The number of aryl methyl sites for hydroxylation is 1. The molecule has 30 heavy (non-hydrogen) atoms. The SMILES string of the molecule is Cc1ccc(S(=O)(=O)N(C/C=C/CBr)C/C=N/N2C(=O)c3ccccc3C2=O)cc1. The summed E-state index contributed by atoms with van der Waals surface area (Å²) in [6.07, 6.45) is 4.77. The largest absolute Gasteiger partial charge is 0.282 e. The Hall–Kier alpha value is -2.62. The van der Waals surface area contributed by atoms with Crippen molar-refractivity contribution >= 4 is 44.0 Å². The lowest BCUT2D eigenvalue weighted by Crippen LogP contribution is -2.34. The van der Waals surface area contributed by atoms with Gasteiger partial charge in [-0.2, -0.15) is 14.4 Å². The number of hydrazone groups is 1. The normalized spacial score (nSPS) is 14.4. The number of allylic oxidation sites excluding steroid dienone is 1. The van der Waals surface area contributed by atoms with E-state index in [2.05, 4.69) is 21.0 Å². The zero-order valence-electron chi connectivity index (χ0n) is 16.2. The van der Waals surface area contributed by atoms with Crippen LogP contribution in [0.3, 0.4) is 0 Å². The molecule has 2 aromatic rings. The van der Waals surface area contributed by atoms with Gasteiger partial charge in [0.2, 0.25) is 10.0 Å². The first-order valence-electron chi connectivity index (χ1n) is 9.14. The van der Waals surface area contributed by atoms with Gasteiger partial charge in [-0.3, -0.25) is 9.59 Å². The van der Waals surface area contributed by atoms with Gasteiger partial charge in [0.25, 0.3) is 11.8 Å². The first-order chi connectivity index (χ1) is 14.4. The average Bonchev–Trinajstić information content (AvgIpc) is 2.98. The highest BCUT2D eigenvalue weighted by Crippen LogP contribution is 2.22. The second kappa shape index (κ2) is 9.46. The average molecular weight is 490 g/mol. The summed E-state index contributed by atoms with van der Waals surface area (Å²) in [7, 11) is -3.79. The molecule has 0 atom stereocenters. The van der Waals surface area contributed by atoms with Crippen LogP contribution in [-0.2, 0) is 10.0 Å². The summed E-state index contributed by atoms with van der Waals surface area (Å²) in [6.45, 7) is 1.90. The molecule has 1 aliphatic rings. The lowest BCUT2D eigenvalue weighted by Gasteiger charge is -2.19. The summed E-state index contributed by atoms with van der Waals surface area (Å²) in [6, 6.07) is 13.0. The fourth-order valence-corrected chi connectivity index (χ4v) is 4.46. The van der Waals surface area contributed by atoms with Gasteiger partial charge in [0.05, 0.1) is 22.6 Å². The van der Waals surface area contributed by atoms with Crippen LogP contribution in [0.25, 0.3) is 0 Å². The third-order valence-corrected chi connectivity index (χ3v) is 6.70. The Morgan fingerprint density at radius 1 is 0.967 bits per heavy atom. The standard InChI is InChI=1S/C21H20BrN3O4S/c1-16-8-10-17(11-9-16)30(28,29)24(14-5-4-12-22)15-13-23-25-20(26)18-6-2-3-7-19(18)21(25)27/h2-11,13H,12,14-15H2,1H3/b5-4+,23-13+. The highest BCUT2D eigenvalue weighted by Gasteiger charge is 2.35. The van der Waals surface area contributed by atoms with Gasteiger partial charge in [0.15, 0.2) is 0 Å². The Kier molecular flexibility index (Phi) is 6.96. The maximum Gasteiger partial charge on any atom is 0.282 e. The Balaban J connectivity index is 1.81. The summed E-state index contributed by atoms with van der Waals surface area (Å²) in [5, 5.41) is 5.31. The molecule has 3 rings (SSSR count). The van der Waals surface area contributed by atoms with E-state index in [1.54, 1.807) is 60.7 Å². The van der Waals surface area contributed by atoms with Gasteiger partial charge in [0.1, 0.15) is 0 Å². The lowest BCUT2D eigenvalue weighted by molar-refractivity contribution is 0.0659. The van der Waals surface area contributed by atoms with Crippen LogP contribution in [0.1, 0.15) is 26.3 Å². The molecule has 0 bridgehead atoms. The third kappa shape index (κ3) is 4.58. The number of fused-ring (bicyclic) bond motifs is 1. The molecule has 2 aromatic carbocycles. The number of sulfonamides is 1. The number of alkyl halides is 1. The molecular formula is C21H20BrN3O4S. The van der Waals surface area contributed by atoms with Crippen molar-refractivity contribution in [3.8, 4) is 0 Å². The zero-order valence-corrected chi connectivity index (χ0v) is 18.6. The maximum absolute atomic E-state index is 13.0. The van der Waals surface area contributed by atoms with Crippen LogP contribution in [0.4, 0.5) is 0 Å². The van der Waals surface area contributed by atoms with Gasteiger partial charge in [-0.05, 0) is 31.2 Å². The third-order valence-electron chi connectivity index (χ3n) is 4.48. The van der Waals surface area contributed by atoms with E-state index >= 15 is 0 Å². The maximum atomic E-state index is 13.0. The molecule has 0 fully saturated rings. The highest BCUT2D eigenvalue weighted by atomic mass is 79.9. The predicted molar refractivity (Wildman–Crippen MR) is 118 cm³/mol. The first-order valence-corrected chi connectivity index (χ1v) is 11.7. The number of hydrogen-bond acceptors (Lipinski definition) is 5. The van der Waals surface area contributed by atoms with E-state index in [0.717, 1.165) is 10.6 Å². The van der Waals surface area contributed by atoms with Crippen molar-refractivity contribution in [2.45, 2.75) is 11.8 Å². The van der Waals surface area contributed by atoms with E-state index in [1.165, 1.54) is 10.5 Å². The number of hydrogen-bond donors (Lipinski definition) is 0. The van der Waals surface area contributed by atoms with Crippen molar-refractivity contribution in [1.29, 1.82) is 0 Å². The first kappa shape index (κ1) is 22.1. The molecule has 0 N–H and O–H groups in total. The van der Waals surface area contributed by atoms with Gasteiger partial charge >= 0.3 is 0 Å². The number of amides is 2. The molecule has 0 unspecified atom stereocenters. The molecule has 1 heterocycles. The van der Waals surface area contributed by atoms with Crippen molar-refractivity contribution < 1.29 is 18.0 Å². The van der Waals surface area contributed by atoms with Crippen molar-refractivity contribution in [2.75, 3.05) is 18.4 Å². The molecule has 7 nitrogen and oxygen atoms in total. The lowest BCUT2D eigenvalue weighted by atomic mass is 10.1. The van der Waals surface area contributed by atoms with Gasteiger partial charge in [-0.1, -0.05) is 57.9 Å². The summed E-state index contributed by atoms with van der Waals surface area (Å²) >= 11 is 3.26. The van der Waals surface area contributed by atoms with Crippen molar-refractivity contribution in [1.82, 2.24) is 9.31 Å². The van der Waals surface area contributed by atoms with E-state index < -0.39 is 21.8 Å². The summed E-state index contributed by atoms with van der Waals surface area (Å²) in [4.78, 5) is 24.9. The van der Waals surface area contributed by atoms with Crippen molar-refractivity contribution in [3.05, 3.63) is 77.4 Å². The quantitative estimate of drug-likeness (QED) is 0.246. The van der Waals surface area contributed by atoms with Gasteiger partial charge in [0, 0.05) is 18.1 Å². The number of rotatable bonds is 8. The minimum Gasteiger partial charge on any atom is -0.267 e. The molecule has 2 amide bonds. The molecule has 0 aromatic heterocycles. The Bertz CT molecular complexity index is 1080. The number of benzene rings is 2. The Labute approximate surface area is 183 Å². The summed E-state index contributed by atoms with van der Waals surface area (Å²) in [5.74, 6) is -1.06. The molecule has 156 valence electrons. The Morgan fingerprint density at radius 3 is 2.13 bits per heavy atom. The van der Waals surface area contributed by atoms with Crippen LogP contribution >= 0.6 is 15.9 Å². The number of nitrogens with zero attached hydrogens (tertiary/aromatic N) is 3. The number of imide groups is 1. The predicted octanol–water partition coefficient (Wildman–Crippen LogP) is 3.22. The Morgan fingerprint density at radius 2 is 1.57 bits per heavy atom. The van der Waals surface area contributed by atoms with Crippen LogP contribution in [0.5, 0.6) is 0 Å². The van der Waals surface area contributed by atoms with E-state index in [0.29, 0.717) is 5.33 Å². The summed E-state index contributed by atoms with van der Waals surface area (Å²) < 4.78 is 27.3. The number of carbonyl (C=O) groups is 2. The van der Waals surface area contributed by atoms with Gasteiger partial charge in [-0.15, -0.1) is 0 Å². The van der Waals surface area contributed by atoms with Crippen LogP contribution in [0, 0.1) is 6.92 Å².